The number of aryl methyl sites for hydroxylation is 2. The summed E-state index contributed by atoms with van der Waals surface area (Å²) in [7, 11) is 3.68. The Balaban J connectivity index is 1.78. The van der Waals surface area contributed by atoms with Gasteiger partial charge < -0.3 is 5.32 Å². The molecule has 0 unspecified atom stereocenters. The van der Waals surface area contributed by atoms with E-state index in [1.165, 1.54) is 37.7 Å². The first-order chi connectivity index (χ1) is 9.66. The fourth-order valence-corrected chi connectivity index (χ4v) is 3.35. The van der Waals surface area contributed by atoms with Crippen LogP contribution in [0, 0.1) is 0 Å². The summed E-state index contributed by atoms with van der Waals surface area (Å²) in [5.41, 5.74) is 3.41. The number of benzene rings is 1. The Morgan fingerprint density at radius 1 is 1.10 bits per heavy atom. The molecule has 0 saturated heterocycles. The molecule has 1 aromatic heterocycles. The number of hydrogen-bond donors (Lipinski definition) is 1. The van der Waals surface area contributed by atoms with Crippen molar-refractivity contribution in [1.29, 1.82) is 0 Å². The fourth-order valence-electron chi connectivity index (χ4n) is 3.35. The molecule has 0 radical (unpaired) electrons. The predicted octanol–water partition coefficient (Wildman–Crippen LogP) is 1.27. The molecule has 1 heterocycles. The molecule has 108 valence electrons. The number of nitrogens with two attached hydrogens (primary N) is 1. The van der Waals surface area contributed by atoms with Gasteiger partial charge in [0, 0.05) is 19.7 Å². The van der Waals surface area contributed by atoms with Gasteiger partial charge in [-0.05, 0) is 37.8 Å². The number of quaternary nitrogens is 1. The van der Waals surface area contributed by atoms with Gasteiger partial charge >= 0.3 is 5.69 Å². The molecule has 2 aromatic rings. The van der Waals surface area contributed by atoms with Gasteiger partial charge in [-0.3, -0.25) is 9.13 Å². The summed E-state index contributed by atoms with van der Waals surface area (Å²) in [5.74, 6) is 0. The summed E-state index contributed by atoms with van der Waals surface area (Å²) in [5, 5.41) is 2.47. The Morgan fingerprint density at radius 3 is 2.55 bits per heavy atom. The van der Waals surface area contributed by atoms with Gasteiger partial charge in [0.25, 0.3) is 0 Å². The zero-order valence-electron chi connectivity index (χ0n) is 12.4. The lowest BCUT2D eigenvalue weighted by Gasteiger charge is -2.19. The van der Waals surface area contributed by atoms with Crippen molar-refractivity contribution >= 4 is 11.0 Å². The van der Waals surface area contributed by atoms with Gasteiger partial charge in [-0.15, -0.1) is 0 Å². The molecule has 20 heavy (non-hydrogen) atoms. The van der Waals surface area contributed by atoms with Gasteiger partial charge in [0.1, 0.15) is 6.54 Å². The quantitative estimate of drug-likeness (QED) is 0.900. The summed E-state index contributed by atoms with van der Waals surface area (Å²) in [6.45, 7) is 1.02. The topological polar surface area (TPSA) is 43.5 Å². The summed E-state index contributed by atoms with van der Waals surface area (Å²) in [4.78, 5) is 11.9. The van der Waals surface area contributed by atoms with E-state index in [-0.39, 0.29) is 5.69 Å². The highest BCUT2D eigenvalue weighted by Gasteiger charge is 2.16. The van der Waals surface area contributed by atoms with Gasteiger partial charge in [-0.25, -0.2) is 4.79 Å². The number of hydrogen-bond acceptors (Lipinski definition) is 1. The van der Waals surface area contributed by atoms with Gasteiger partial charge in [0.2, 0.25) is 0 Å². The van der Waals surface area contributed by atoms with Crippen molar-refractivity contribution in [3.05, 3.63) is 34.2 Å². The number of aromatic nitrogens is 2. The molecule has 0 spiro atoms. The number of rotatable bonds is 3. The Kier molecular flexibility index (Phi) is 3.66. The van der Waals surface area contributed by atoms with Gasteiger partial charge in [-0.1, -0.05) is 12.5 Å². The molecule has 1 aliphatic carbocycles. The minimum Gasteiger partial charge on any atom is -0.340 e. The fraction of sp³-hybridized carbons (Fsp3) is 0.562. The average molecular weight is 274 g/mol. The van der Waals surface area contributed by atoms with Crippen molar-refractivity contribution in [1.82, 2.24) is 9.13 Å². The molecular weight excluding hydrogens is 250 g/mol. The van der Waals surface area contributed by atoms with Crippen molar-refractivity contribution in [3.8, 4) is 0 Å². The first-order valence-electron chi connectivity index (χ1n) is 7.64. The van der Waals surface area contributed by atoms with Crippen LogP contribution in [0.1, 0.15) is 37.7 Å². The van der Waals surface area contributed by atoms with E-state index in [2.05, 4.69) is 23.5 Å². The molecule has 0 atom stereocenters. The van der Waals surface area contributed by atoms with Crippen molar-refractivity contribution in [2.24, 2.45) is 14.1 Å². The van der Waals surface area contributed by atoms with E-state index < -0.39 is 0 Å². The molecule has 0 bridgehead atoms. The van der Waals surface area contributed by atoms with Crippen LogP contribution in [0.15, 0.2) is 23.0 Å². The first-order valence-corrected chi connectivity index (χ1v) is 7.64. The maximum Gasteiger partial charge on any atom is 0.328 e. The van der Waals surface area contributed by atoms with E-state index in [1.54, 1.807) is 9.13 Å². The van der Waals surface area contributed by atoms with Crippen molar-refractivity contribution < 1.29 is 5.32 Å². The average Bonchev–Trinajstić information content (AvgIpc) is 2.71. The van der Waals surface area contributed by atoms with Crippen LogP contribution in [0.2, 0.25) is 0 Å². The van der Waals surface area contributed by atoms with Gasteiger partial charge in [0.15, 0.2) is 0 Å². The zero-order valence-corrected chi connectivity index (χ0v) is 12.4. The van der Waals surface area contributed by atoms with E-state index in [0.717, 1.165) is 23.6 Å². The highest BCUT2D eigenvalue weighted by molar-refractivity contribution is 5.76. The third-order valence-corrected chi connectivity index (χ3v) is 4.67. The summed E-state index contributed by atoms with van der Waals surface area (Å²) in [6.07, 6.45) is 6.88. The summed E-state index contributed by atoms with van der Waals surface area (Å²) >= 11 is 0. The van der Waals surface area contributed by atoms with Crippen LogP contribution in [0.3, 0.4) is 0 Å². The molecule has 2 N–H and O–H groups in total. The number of fused-ring (bicyclic) bond motifs is 1. The van der Waals surface area contributed by atoms with Crippen molar-refractivity contribution in [3.63, 3.8) is 0 Å². The molecule has 1 saturated carbocycles. The van der Waals surface area contributed by atoms with Crippen LogP contribution in [0.5, 0.6) is 0 Å². The van der Waals surface area contributed by atoms with Crippen LogP contribution in [-0.4, -0.2) is 15.2 Å². The minimum atomic E-state index is 0.0495. The largest absolute Gasteiger partial charge is 0.340 e. The third-order valence-electron chi connectivity index (χ3n) is 4.67. The SMILES string of the molecule is Cn1c(=O)n(C)c2cc(C[NH2+]C3CCCCC3)ccc21. The van der Waals surface area contributed by atoms with E-state index in [1.807, 2.05) is 14.1 Å². The van der Waals surface area contributed by atoms with E-state index in [9.17, 15) is 4.79 Å². The van der Waals surface area contributed by atoms with Crippen LogP contribution >= 0.6 is 0 Å². The van der Waals surface area contributed by atoms with Crippen LogP contribution in [0.4, 0.5) is 0 Å². The monoisotopic (exact) mass is 274 g/mol. The minimum absolute atomic E-state index is 0.0495. The zero-order chi connectivity index (χ0) is 14.1. The molecule has 4 nitrogen and oxygen atoms in total. The normalized spacial score (nSPS) is 16.9. The lowest BCUT2D eigenvalue weighted by Crippen LogP contribution is -2.88. The Hall–Kier alpha value is -1.55. The van der Waals surface area contributed by atoms with E-state index in [0.29, 0.717) is 0 Å². The molecule has 4 heteroatoms. The van der Waals surface area contributed by atoms with E-state index in [4.69, 9.17) is 0 Å². The number of imidazole rings is 1. The number of nitrogens with zero attached hydrogens (tertiary/aromatic N) is 2. The molecule has 3 rings (SSSR count). The summed E-state index contributed by atoms with van der Waals surface area (Å²) < 4.78 is 3.45. The Morgan fingerprint density at radius 2 is 1.80 bits per heavy atom. The van der Waals surface area contributed by atoms with Crippen LogP contribution in [-0.2, 0) is 20.6 Å². The molecule has 1 aromatic carbocycles. The Labute approximate surface area is 119 Å². The maximum absolute atomic E-state index is 11.9. The smallest absolute Gasteiger partial charge is 0.328 e. The standard InChI is InChI=1S/C16H23N3O/c1-18-14-9-8-12(10-15(14)19(2)16(18)20)11-17-13-6-4-3-5-7-13/h8-10,13,17H,3-7,11H2,1-2H3/p+1. The van der Waals surface area contributed by atoms with E-state index >= 15 is 0 Å². The maximum atomic E-state index is 11.9. The molecule has 0 amide bonds. The molecule has 1 fully saturated rings. The van der Waals surface area contributed by atoms with Gasteiger partial charge in [0.05, 0.1) is 17.1 Å². The predicted molar refractivity (Wildman–Crippen MR) is 80.7 cm³/mol. The van der Waals surface area contributed by atoms with Crippen molar-refractivity contribution in [2.45, 2.75) is 44.7 Å². The lowest BCUT2D eigenvalue weighted by molar-refractivity contribution is -0.706. The second-order valence-corrected chi connectivity index (χ2v) is 6.06. The summed E-state index contributed by atoms with van der Waals surface area (Å²) in [6, 6.07) is 7.18. The molecule has 1 aliphatic rings. The highest BCUT2D eigenvalue weighted by Crippen LogP contribution is 2.16. The van der Waals surface area contributed by atoms with Gasteiger partial charge in [-0.2, -0.15) is 0 Å². The van der Waals surface area contributed by atoms with Crippen LogP contribution in [0.25, 0.3) is 11.0 Å². The first kappa shape index (κ1) is 13.4. The van der Waals surface area contributed by atoms with Crippen LogP contribution < -0.4 is 11.0 Å². The third kappa shape index (κ3) is 2.40. The highest BCUT2D eigenvalue weighted by atomic mass is 16.1. The van der Waals surface area contributed by atoms with Crippen molar-refractivity contribution in [2.75, 3.05) is 0 Å². The molecular formula is C16H24N3O+. The second-order valence-electron chi connectivity index (χ2n) is 6.06. The Bertz CT molecular complexity index is 662. The molecule has 0 aliphatic heterocycles. The lowest BCUT2D eigenvalue weighted by atomic mass is 9.95. The second kappa shape index (κ2) is 5.44.